The van der Waals surface area contributed by atoms with E-state index in [0.29, 0.717) is 0 Å². The minimum Gasteiger partial charge on any atom is -0.328 e. The van der Waals surface area contributed by atoms with Crippen LogP contribution in [0.3, 0.4) is 0 Å². The predicted molar refractivity (Wildman–Crippen MR) is 57.3 cm³/mol. The second-order valence-electron chi connectivity index (χ2n) is 3.11. The van der Waals surface area contributed by atoms with Crippen molar-refractivity contribution in [3.8, 4) is 0 Å². The Labute approximate surface area is 88.4 Å². The van der Waals surface area contributed by atoms with Crippen LogP contribution in [0.25, 0.3) is 0 Å². The Kier molecular flexibility index (Phi) is 3.10. The molecule has 13 heavy (non-hydrogen) atoms. The van der Waals surface area contributed by atoms with Gasteiger partial charge in [0, 0.05) is 0 Å². The van der Waals surface area contributed by atoms with Gasteiger partial charge in [0.1, 0.15) is 0 Å². The number of halogens is 2. The van der Waals surface area contributed by atoms with Gasteiger partial charge in [0.25, 0.3) is 0 Å². The Balaban J connectivity index is 2.05. The first-order valence-corrected chi connectivity index (χ1v) is 7.18. The number of benzene rings is 1. The highest BCUT2D eigenvalue weighted by Gasteiger charge is 2.23. The summed E-state index contributed by atoms with van der Waals surface area (Å²) in [6.07, 6.45) is 2.06. The van der Waals surface area contributed by atoms with E-state index in [9.17, 15) is 0 Å². The van der Waals surface area contributed by atoms with Crippen molar-refractivity contribution in [2.45, 2.75) is 18.9 Å². The third kappa shape index (κ3) is 2.35. The lowest BCUT2D eigenvalue weighted by Gasteiger charge is -2.09. The molecule has 0 unspecified atom stereocenters. The van der Waals surface area contributed by atoms with E-state index in [2.05, 4.69) is 12.1 Å². The second-order valence-corrected chi connectivity index (χ2v) is 6.08. The Morgan fingerprint density at radius 1 is 1.15 bits per heavy atom. The fourth-order valence-electron chi connectivity index (χ4n) is 1.71. The molecule has 70 valence electrons. The summed E-state index contributed by atoms with van der Waals surface area (Å²) in [6.45, 7) is -1.27. The van der Waals surface area contributed by atoms with E-state index in [1.807, 2.05) is 12.1 Å². The molecule has 4 heteroatoms. The van der Waals surface area contributed by atoms with Crippen molar-refractivity contribution in [2.24, 2.45) is 0 Å². The highest BCUT2D eigenvalue weighted by atomic mass is 35.9. The Morgan fingerprint density at radius 2 is 1.69 bits per heavy atom. The van der Waals surface area contributed by atoms with Gasteiger partial charge in [0.15, 0.2) is 0 Å². The maximum atomic E-state index is 5.61. The molecule has 0 spiro atoms. The molecule has 1 aliphatic rings. The zero-order chi connectivity index (χ0) is 9.26. The average molecular weight is 235 g/mol. The van der Waals surface area contributed by atoms with E-state index in [0.717, 1.165) is 12.8 Å². The molecule has 0 fully saturated rings. The van der Waals surface area contributed by atoms with Gasteiger partial charge in [0.2, 0.25) is 6.85 Å². The summed E-state index contributed by atoms with van der Waals surface area (Å²) in [6, 6.07) is 8.35. The van der Waals surface area contributed by atoms with Gasteiger partial charge in [-0.15, -0.1) is 0 Å². The molecular formula is C9H9Cl2OP. The molecule has 0 amide bonds. The first-order valence-electron chi connectivity index (χ1n) is 4.11. The minimum atomic E-state index is -1.27. The van der Waals surface area contributed by atoms with E-state index in [1.54, 1.807) is 0 Å². The lowest BCUT2D eigenvalue weighted by Crippen LogP contribution is -2.07. The molecule has 0 aromatic heterocycles. The zero-order valence-electron chi connectivity index (χ0n) is 6.91. The molecule has 1 nitrogen and oxygen atoms in total. The molecule has 2 rings (SSSR count). The number of hydrogen-bond acceptors (Lipinski definition) is 1. The van der Waals surface area contributed by atoms with E-state index in [4.69, 9.17) is 27.0 Å². The molecular weight excluding hydrogens is 226 g/mol. The van der Waals surface area contributed by atoms with Gasteiger partial charge in [-0.3, -0.25) is 0 Å². The summed E-state index contributed by atoms with van der Waals surface area (Å²) in [5.41, 5.74) is 2.72. The number of rotatable bonds is 2. The molecule has 0 bridgehead atoms. The van der Waals surface area contributed by atoms with Crippen molar-refractivity contribution in [3.63, 3.8) is 0 Å². The maximum absolute atomic E-state index is 5.61. The van der Waals surface area contributed by atoms with E-state index in [-0.39, 0.29) is 6.10 Å². The second kappa shape index (κ2) is 4.14. The van der Waals surface area contributed by atoms with Crippen LogP contribution in [0, 0.1) is 0 Å². The highest BCUT2D eigenvalue weighted by Crippen LogP contribution is 2.50. The summed E-state index contributed by atoms with van der Waals surface area (Å²) in [5.74, 6) is 0. The maximum Gasteiger partial charge on any atom is 0.225 e. The van der Waals surface area contributed by atoms with E-state index >= 15 is 0 Å². The van der Waals surface area contributed by atoms with Crippen molar-refractivity contribution in [3.05, 3.63) is 35.4 Å². The fourth-order valence-corrected chi connectivity index (χ4v) is 2.76. The molecule has 1 aromatic rings. The Morgan fingerprint density at radius 3 is 2.15 bits per heavy atom. The van der Waals surface area contributed by atoms with Gasteiger partial charge < -0.3 is 4.52 Å². The monoisotopic (exact) mass is 234 g/mol. The molecule has 0 atom stereocenters. The van der Waals surface area contributed by atoms with Crippen LogP contribution in [-0.2, 0) is 17.4 Å². The Hall–Kier alpha value is 0.190. The Bertz CT molecular complexity index is 278. The van der Waals surface area contributed by atoms with Crippen LogP contribution in [0.5, 0.6) is 0 Å². The van der Waals surface area contributed by atoms with Crippen molar-refractivity contribution < 1.29 is 4.52 Å². The molecule has 0 saturated heterocycles. The van der Waals surface area contributed by atoms with Gasteiger partial charge in [-0.05, 0) is 46.5 Å². The first-order chi connectivity index (χ1) is 6.25. The largest absolute Gasteiger partial charge is 0.328 e. The number of fused-ring (bicyclic) bond motifs is 1. The van der Waals surface area contributed by atoms with Crippen LogP contribution < -0.4 is 0 Å². The van der Waals surface area contributed by atoms with Crippen molar-refractivity contribution in [1.29, 1.82) is 0 Å². The lowest BCUT2D eigenvalue weighted by atomic mass is 10.1. The number of hydrogen-bond donors (Lipinski definition) is 0. The summed E-state index contributed by atoms with van der Waals surface area (Å²) >= 11 is 11.2. The van der Waals surface area contributed by atoms with Crippen molar-refractivity contribution in [2.75, 3.05) is 0 Å². The van der Waals surface area contributed by atoms with E-state index in [1.165, 1.54) is 11.1 Å². The normalized spacial score (nSPS) is 16.5. The van der Waals surface area contributed by atoms with Crippen molar-refractivity contribution in [1.82, 2.24) is 0 Å². The molecule has 0 heterocycles. The van der Waals surface area contributed by atoms with Crippen LogP contribution in [0.15, 0.2) is 24.3 Å². The lowest BCUT2D eigenvalue weighted by molar-refractivity contribution is 0.249. The SMILES string of the molecule is ClP(Cl)OC1Cc2ccccc2C1. The van der Waals surface area contributed by atoms with Crippen LogP contribution in [0.4, 0.5) is 0 Å². The summed E-state index contributed by atoms with van der Waals surface area (Å²) in [7, 11) is 0. The predicted octanol–water partition coefficient (Wildman–Crippen LogP) is 3.87. The fraction of sp³-hybridized carbons (Fsp3) is 0.333. The zero-order valence-corrected chi connectivity index (χ0v) is 9.32. The third-order valence-electron chi connectivity index (χ3n) is 2.24. The van der Waals surface area contributed by atoms with E-state index < -0.39 is 6.85 Å². The van der Waals surface area contributed by atoms with Crippen LogP contribution in [-0.4, -0.2) is 6.10 Å². The topological polar surface area (TPSA) is 9.23 Å². The molecule has 0 saturated carbocycles. The standard InChI is InChI=1S/C9H9Cl2OP/c10-13(11)12-9-5-7-3-1-2-4-8(7)6-9/h1-4,9H,5-6H2. The van der Waals surface area contributed by atoms with Gasteiger partial charge in [-0.2, -0.15) is 0 Å². The highest BCUT2D eigenvalue weighted by molar-refractivity contribution is 8.00. The van der Waals surface area contributed by atoms with Crippen LogP contribution in [0.2, 0.25) is 0 Å². The molecule has 1 aliphatic carbocycles. The average Bonchev–Trinajstić information content (AvgIpc) is 2.44. The van der Waals surface area contributed by atoms with Crippen LogP contribution >= 0.6 is 29.3 Å². The summed E-state index contributed by atoms with van der Waals surface area (Å²) in [5, 5.41) is 0. The quantitative estimate of drug-likeness (QED) is 0.707. The van der Waals surface area contributed by atoms with Crippen molar-refractivity contribution >= 4 is 29.3 Å². The third-order valence-corrected chi connectivity index (χ3v) is 3.18. The van der Waals surface area contributed by atoms with Gasteiger partial charge >= 0.3 is 0 Å². The summed E-state index contributed by atoms with van der Waals surface area (Å²) < 4.78 is 5.39. The van der Waals surface area contributed by atoms with Gasteiger partial charge in [0.05, 0.1) is 6.10 Å². The van der Waals surface area contributed by atoms with Gasteiger partial charge in [-0.25, -0.2) is 0 Å². The molecule has 0 aliphatic heterocycles. The molecule has 1 aromatic carbocycles. The minimum absolute atomic E-state index is 0.179. The van der Waals surface area contributed by atoms with Crippen LogP contribution in [0.1, 0.15) is 11.1 Å². The smallest absolute Gasteiger partial charge is 0.225 e. The first kappa shape index (κ1) is 9.73. The van der Waals surface area contributed by atoms with Gasteiger partial charge in [-0.1, -0.05) is 24.3 Å². The summed E-state index contributed by atoms with van der Waals surface area (Å²) in [4.78, 5) is 0. The molecule has 0 radical (unpaired) electrons. The molecule has 0 N–H and O–H groups in total.